The second-order valence-corrected chi connectivity index (χ2v) is 11.8. The van der Waals surface area contributed by atoms with E-state index in [1.165, 1.54) is 0 Å². The van der Waals surface area contributed by atoms with E-state index in [0.717, 1.165) is 11.1 Å². The van der Waals surface area contributed by atoms with Gasteiger partial charge in [-0.1, -0.05) is 38.1 Å². The molecule has 10 heteroatoms. The maximum absolute atomic E-state index is 13.9. The molecule has 2 heterocycles. The molecule has 0 radical (unpaired) electrons. The third-order valence-corrected chi connectivity index (χ3v) is 8.83. The van der Waals surface area contributed by atoms with Crippen LogP contribution in [0.1, 0.15) is 50.8 Å². The van der Waals surface area contributed by atoms with Crippen molar-refractivity contribution in [3.05, 3.63) is 35.4 Å². The van der Waals surface area contributed by atoms with Crippen LogP contribution in [0.15, 0.2) is 24.3 Å². The second-order valence-electron chi connectivity index (χ2n) is 10.5. The van der Waals surface area contributed by atoms with Gasteiger partial charge >= 0.3 is 0 Å². The van der Waals surface area contributed by atoms with Crippen molar-refractivity contribution in [1.29, 1.82) is 0 Å². The maximum atomic E-state index is 13.9. The largest absolute Gasteiger partial charge is 0.373 e. The fourth-order valence-electron chi connectivity index (χ4n) is 5.59. The number of nitrogens with one attached hydrogen (secondary N) is 3. The Morgan fingerprint density at radius 3 is 2.75 bits per heavy atom. The molecule has 0 bridgehead atoms. The number of alkyl halides is 1. The van der Waals surface area contributed by atoms with E-state index < -0.39 is 36.3 Å². The number of fused-ring (bicyclic) bond motifs is 2. The van der Waals surface area contributed by atoms with Crippen LogP contribution in [0, 0.1) is 5.41 Å². The lowest BCUT2D eigenvalue weighted by molar-refractivity contribution is -0.144. The van der Waals surface area contributed by atoms with Gasteiger partial charge in [0.15, 0.2) is 0 Å². The Bertz CT molecular complexity index is 992. The van der Waals surface area contributed by atoms with Crippen LogP contribution in [0.2, 0.25) is 0 Å². The Labute approximate surface area is 216 Å². The zero-order valence-corrected chi connectivity index (χ0v) is 22.2. The molecular formula is C26H37FN4O4S. The van der Waals surface area contributed by atoms with Gasteiger partial charge in [-0.15, -0.1) is 11.8 Å². The number of carbonyl (C=O) groups excluding carboxylic acids is 3. The van der Waals surface area contributed by atoms with Crippen LogP contribution in [0.5, 0.6) is 0 Å². The van der Waals surface area contributed by atoms with Gasteiger partial charge in [0.2, 0.25) is 17.7 Å². The lowest BCUT2D eigenvalue weighted by Gasteiger charge is -2.35. The molecule has 1 unspecified atom stereocenters. The summed E-state index contributed by atoms with van der Waals surface area (Å²) < 4.78 is 18.7. The lowest BCUT2D eigenvalue weighted by atomic mass is 9.83. The van der Waals surface area contributed by atoms with E-state index in [-0.39, 0.29) is 35.8 Å². The van der Waals surface area contributed by atoms with Crippen molar-refractivity contribution in [3.8, 4) is 0 Å². The highest BCUT2D eigenvalue weighted by Crippen LogP contribution is 2.46. The van der Waals surface area contributed by atoms with Crippen molar-refractivity contribution < 1.29 is 23.5 Å². The van der Waals surface area contributed by atoms with Crippen LogP contribution in [0.4, 0.5) is 4.39 Å². The SMILES string of the molecule is CN[C@@H](C)C(=O)N[C@H]1CCS[C@H]2CC(C)(C)[C@@H](C(=O)NC3c4ccccc4C[C@H]3OCCF)N2C1=O. The number of hydrogen-bond acceptors (Lipinski definition) is 6. The molecule has 6 atom stereocenters. The van der Waals surface area contributed by atoms with E-state index in [1.807, 2.05) is 38.1 Å². The van der Waals surface area contributed by atoms with E-state index >= 15 is 0 Å². The molecule has 3 amide bonds. The Balaban J connectivity index is 1.57. The number of thioether (sulfide) groups is 1. The Morgan fingerprint density at radius 1 is 1.28 bits per heavy atom. The van der Waals surface area contributed by atoms with Crippen LogP contribution in [-0.2, 0) is 25.5 Å². The molecular weight excluding hydrogens is 483 g/mol. The van der Waals surface area contributed by atoms with Gasteiger partial charge in [-0.05, 0) is 49.1 Å². The molecule has 1 aromatic rings. The summed E-state index contributed by atoms with van der Waals surface area (Å²) in [5, 5.41) is 8.80. The summed E-state index contributed by atoms with van der Waals surface area (Å²) in [6.07, 6.45) is 1.42. The minimum atomic E-state index is -0.698. The number of benzene rings is 1. The van der Waals surface area contributed by atoms with Crippen molar-refractivity contribution in [2.24, 2.45) is 5.41 Å². The van der Waals surface area contributed by atoms with Crippen molar-refractivity contribution >= 4 is 29.5 Å². The van der Waals surface area contributed by atoms with Crippen molar-refractivity contribution in [1.82, 2.24) is 20.9 Å². The number of rotatable bonds is 8. The Hall–Kier alpha value is -2.17. The van der Waals surface area contributed by atoms with Gasteiger partial charge in [0, 0.05) is 6.42 Å². The highest BCUT2D eigenvalue weighted by Gasteiger charge is 2.55. The van der Waals surface area contributed by atoms with Crippen molar-refractivity contribution in [2.45, 2.75) is 75.7 Å². The molecule has 2 aliphatic heterocycles. The van der Waals surface area contributed by atoms with Gasteiger partial charge in [-0.2, -0.15) is 0 Å². The van der Waals surface area contributed by atoms with Gasteiger partial charge in [0.25, 0.3) is 0 Å². The Morgan fingerprint density at radius 2 is 2.03 bits per heavy atom. The summed E-state index contributed by atoms with van der Waals surface area (Å²) in [5.74, 6) is 0.00640. The summed E-state index contributed by atoms with van der Waals surface area (Å²) in [4.78, 5) is 41.9. The van der Waals surface area contributed by atoms with Crippen LogP contribution in [-0.4, -0.2) is 78.3 Å². The fourth-order valence-corrected chi connectivity index (χ4v) is 7.17. The van der Waals surface area contributed by atoms with Crippen LogP contribution in [0.25, 0.3) is 0 Å². The predicted molar refractivity (Wildman–Crippen MR) is 137 cm³/mol. The maximum Gasteiger partial charge on any atom is 0.246 e. The number of hydrogen-bond donors (Lipinski definition) is 3. The number of amides is 3. The Kier molecular flexibility index (Phi) is 8.26. The van der Waals surface area contributed by atoms with Gasteiger partial charge < -0.3 is 25.6 Å². The lowest BCUT2D eigenvalue weighted by Crippen LogP contribution is -2.58. The topological polar surface area (TPSA) is 99.8 Å². The molecule has 0 aromatic heterocycles. The number of nitrogens with zero attached hydrogens (tertiary/aromatic N) is 1. The summed E-state index contributed by atoms with van der Waals surface area (Å²) >= 11 is 1.66. The number of ether oxygens (including phenoxy) is 1. The quantitative estimate of drug-likeness (QED) is 0.485. The van der Waals surface area contributed by atoms with Crippen molar-refractivity contribution in [3.63, 3.8) is 0 Å². The first-order chi connectivity index (χ1) is 17.2. The normalized spacial score (nSPS) is 29.8. The van der Waals surface area contributed by atoms with Gasteiger partial charge in [-0.25, -0.2) is 4.39 Å². The molecule has 3 aliphatic rings. The standard InChI is InChI=1S/C26H37FN4O4S/c1-15(28-4)23(32)29-18-9-12-36-20-14-26(2,3)22(31(20)25(18)34)24(33)30-21-17-8-6-5-7-16(17)13-19(21)35-11-10-27/h5-8,15,18-22,28H,9-14H2,1-4H3,(H,29,32)(H,30,33)/t15-,18-,19+,20-,21?,22+/m0/s1. The smallest absolute Gasteiger partial charge is 0.246 e. The number of carbonyl (C=O) groups is 3. The fraction of sp³-hybridized carbons (Fsp3) is 0.654. The molecule has 4 rings (SSSR count). The van der Waals surface area contributed by atoms with Crippen LogP contribution >= 0.6 is 11.8 Å². The number of halogens is 1. The second kappa shape index (κ2) is 11.1. The third-order valence-electron chi connectivity index (χ3n) is 7.58. The van der Waals surface area contributed by atoms with Gasteiger partial charge in [0.1, 0.15) is 18.8 Å². The molecule has 2 saturated heterocycles. The molecule has 2 fully saturated rings. The van der Waals surface area contributed by atoms with E-state index in [0.29, 0.717) is 25.0 Å². The van der Waals surface area contributed by atoms with E-state index in [9.17, 15) is 18.8 Å². The first-order valence-corrected chi connectivity index (χ1v) is 13.7. The van der Waals surface area contributed by atoms with E-state index in [1.54, 1.807) is 30.6 Å². The van der Waals surface area contributed by atoms with Crippen molar-refractivity contribution in [2.75, 3.05) is 26.1 Å². The van der Waals surface area contributed by atoms with Crippen LogP contribution < -0.4 is 16.0 Å². The average molecular weight is 521 g/mol. The summed E-state index contributed by atoms with van der Waals surface area (Å²) in [6.45, 7) is 5.13. The first-order valence-electron chi connectivity index (χ1n) is 12.6. The molecule has 1 aliphatic carbocycles. The monoisotopic (exact) mass is 520 g/mol. The van der Waals surface area contributed by atoms with Crippen LogP contribution in [0.3, 0.4) is 0 Å². The molecule has 0 spiro atoms. The molecule has 3 N–H and O–H groups in total. The predicted octanol–water partition coefficient (Wildman–Crippen LogP) is 1.94. The molecule has 0 saturated carbocycles. The number of likely N-dealkylation sites (N-methyl/N-ethyl adjacent to an activating group) is 1. The first kappa shape index (κ1) is 26.9. The molecule has 198 valence electrons. The summed E-state index contributed by atoms with van der Waals surface area (Å²) in [5.41, 5.74) is 1.57. The zero-order valence-electron chi connectivity index (χ0n) is 21.4. The van der Waals surface area contributed by atoms with E-state index in [2.05, 4.69) is 16.0 Å². The van der Waals surface area contributed by atoms with E-state index in [4.69, 9.17) is 4.74 Å². The minimum absolute atomic E-state index is 0.0321. The molecule has 1 aromatic carbocycles. The highest BCUT2D eigenvalue weighted by atomic mass is 32.2. The molecule has 36 heavy (non-hydrogen) atoms. The minimum Gasteiger partial charge on any atom is -0.373 e. The molecule has 8 nitrogen and oxygen atoms in total. The average Bonchev–Trinajstić information content (AvgIpc) is 3.28. The van der Waals surface area contributed by atoms with Gasteiger partial charge in [0.05, 0.1) is 30.2 Å². The summed E-state index contributed by atoms with van der Waals surface area (Å²) in [6, 6.07) is 5.59. The van der Waals surface area contributed by atoms with Gasteiger partial charge in [-0.3, -0.25) is 14.4 Å². The zero-order chi connectivity index (χ0) is 26.0. The highest BCUT2D eigenvalue weighted by molar-refractivity contribution is 7.99. The third kappa shape index (κ3) is 5.26. The summed E-state index contributed by atoms with van der Waals surface area (Å²) in [7, 11) is 1.69.